The van der Waals surface area contributed by atoms with E-state index in [4.69, 9.17) is 14.5 Å². The topological polar surface area (TPSA) is 92.6 Å². The molecular weight excluding hydrogens is 418 g/mol. The van der Waals surface area contributed by atoms with Crippen LogP contribution in [0.1, 0.15) is 0 Å². The normalized spacial score (nSPS) is 14.2. The lowest BCUT2D eigenvalue weighted by Crippen LogP contribution is -2.36. The van der Waals surface area contributed by atoms with Crippen molar-refractivity contribution in [2.45, 2.75) is 0 Å². The van der Waals surface area contributed by atoms with E-state index in [9.17, 15) is 0 Å². The van der Waals surface area contributed by atoms with Gasteiger partial charge < -0.3 is 24.7 Å². The number of hydrogen-bond donors (Lipinski definition) is 2. The van der Waals surface area contributed by atoms with Gasteiger partial charge in [-0.05, 0) is 29.7 Å². The number of hydrogen-bond acceptors (Lipinski definition) is 7. The lowest BCUT2D eigenvalue weighted by atomic mass is 10.1. The molecule has 5 aromatic rings. The molecule has 0 spiro atoms. The Balaban J connectivity index is 1.37. The van der Waals surface area contributed by atoms with E-state index in [0.717, 1.165) is 65.6 Å². The number of methoxy groups -OCH3 is 1. The number of benzene rings is 2. The van der Waals surface area contributed by atoms with Gasteiger partial charge in [-0.1, -0.05) is 12.1 Å². The van der Waals surface area contributed by atoms with Crippen LogP contribution in [0, 0.1) is 0 Å². The zero-order valence-corrected chi connectivity index (χ0v) is 18.2. The van der Waals surface area contributed by atoms with Gasteiger partial charge in [-0.25, -0.2) is 14.5 Å². The molecule has 2 N–H and O–H groups in total. The summed E-state index contributed by atoms with van der Waals surface area (Å²) in [6.45, 7) is 3.13. The number of nitrogens with one attached hydrogen (secondary N) is 2. The fraction of sp³-hybridized carbons (Fsp3) is 0.208. The van der Waals surface area contributed by atoms with Gasteiger partial charge >= 0.3 is 0 Å². The van der Waals surface area contributed by atoms with E-state index in [1.165, 1.54) is 6.33 Å². The van der Waals surface area contributed by atoms with Crippen LogP contribution in [0.4, 0.5) is 17.2 Å². The number of aromatic nitrogens is 5. The van der Waals surface area contributed by atoms with Crippen molar-refractivity contribution in [3.05, 3.63) is 61.2 Å². The second-order valence-electron chi connectivity index (χ2n) is 7.89. The van der Waals surface area contributed by atoms with Crippen LogP contribution in [0.25, 0.3) is 27.8 Å². The van der Waals surface area contributed by atoms with Gasteiger partial charge in [0.2, 0.25) is 0 Å². The summed E-state index contributed by atoms with van der Waals surface area (Å²) in [5.41, 5.74) is 5.41. The number of rotatable bonds is 5. The Labute approximate surface area is 190 Å². The van der Waals surface area contributed by atoms with Crippen LogP contribution in [0.2, 0.25) is 0 Å². The van der Waals surface area contributed by atoms with Crippen LogP contribution >= 0.6 is 0 Å². The largest absolute Gasteiger partial charge is 0.495 e. The molecule has 1 aliphatic rings. The number of H-pyrrole nitrogens is 1. The maximum absolute atomic E-state index is 5.70. The highest BCUT2D eigenvalue weighted by molar-refractivity contribution is 5.85. The van der Waals surface area contributed by atoms with Crippen molar-refractivity contribution >= 4 is 33.7 Å². The minimum absolute atomic E-state index is 0.623. The first-order valence-electron chi connectivity index (χ1n) is 10.8. The summed E-state index contributed by atoms with van der Waals surface area (Å²) in [5, 5.41) is 8.92. The second-order valence-corrected chi connectivity index (χ2v) is 7.89. The molecule has 1 aliphatic heterocycles. The molecule has 0 aliphatic carbocycles. The van der Waals surface area contributed by atoms with Crippen LogP contribution in [0.5, 0.6) is 5.75 Å². The Morgan fingerprint density at radius 2 is 2.00 bits per heavy atom. The lowest BCUT2D eigenvalue weighted by Gasteiger charge is -2.30. The molecule has 9 nitrogen and oxygen atoms in total. The minimum atomic E-state index is 0.623. The molecule has 9 heteroatoms. The fourth-order valence-electron chi connectivity index (χ4n) is 4.22. The molecule has 6 rings (SSSR count). The van der Waals surface area contributed by atoms with Gasteiger partial charge in [0.15, 0.2) is 11.5 Å². The molecule has 0 amide bonds. The zero-order chi connectivity index (χ0) is 22.2. The van der Waals surface area contributed by atoms with E-state index >= 15 is 0 Å². The van der Waals surface area contributed by atoms with Gasteiger partial charge in [-0.15, -0.1) is 0 Å². The van der Waals surface area contributed by atoms with Crippen molar-refractivity contribution in [2.24, 2.45) is 0 Å². The fourth-order valence-corrected chi connectivity index (χ4v) is 4.22. The first-order valence-corrected chi connectivity index (χ1v) is 10.8. The average molecular weight is 441 g/mol. The van der Waals surface area contributed by atoms with E-state index < -0.39 is 0 Å². The Bertz CT molecular complexity index is 1440. The third kappa shape index (κ3) is 3.62. The van der Waals surface area contributed by atoms with E-state index in [1.54, 1.807) is 11.6 Å². The molecular formula is C24H23N7O2. The maximum Gasteiger partial charge on any atom is 0.198 e. The van der Waals surface area contributed by atoms with Gasteiger partial charge in [-0.3, -0.25) is 0 Å². The van der Waals surface area contributed by atoms with Gasteiger partial charge in [0.05, 0.1) is 37.9 Å². The number of fused-ring (bicyclic) bond motifs is 2. The summed E-state index contributed by atoms with van der Waals surface area (Å²) >= 11 is 0. The summed E-state index contributed by atoms with van der Waals surface area (Å²) in [5.74, 6) is 1.42. The molecule has 0 radical (unpaired) electrons. The SMILES string of the molecule is COc1cc(Nc2nc(-c3ccc4cc[nH]c4c3)cn3ncnc23)ccc1N1CCOCC1. The van der Waals surface area contributed by atoms with Crippen molar-refractivity contribution in [1.82, 2.24) is 24.6 Å². The molecule has 0 unspecified atom stereocenters. The summed E-state index contributed by atoms with van der Waals surface area (Å²) in [7, 11) is 1.69. The molecule has 0 bridgehead atoms. The molecule has 3 aromatic heterocycles. The van der Waals surface area contributed by atoms with Gasteiger partial charge in [0.25, 0.3) is 0 Å². The van der Waals surface area contributed by atoms with Crippen molar-refractivity contribution < 1.29 is 9.47 Å². The summed E-state index contributed by atoms with van der Waals surface area (Å²) < 4.78 is 12.9. The molecule has 2 aromatic carbocycles. The van der Waals surface area contributed by atoms with E-state index in [0.29, 0.717) is 11.5 Å². The van der Waals surface area contributed by atoms with E-state index in [1.807, 2.05) is 30.6 Å². The molecule has 33 heavy (non-hydrogen) atoms. The number of morpholine rings is 1. The number of anilines is 3. The van der Waals surface area contributed by atoms with Crippen LogP contribution in [0.15, 0.2) is 61.2 Å². The van der Waals surface area contributed by atoms with Gasteiger partial charge in [0, 0.05) is 42.1 Å². The smallest absolute Gasteiger partial charge is 0.198 e. The standard InChI is InChI=1S/C24H23N7O2/c1-32-22-13-18(4-5-21(22)30-8-10-33-11-9-30)28-23-24-26-15-27-31(24)14-20(29-23)17-3-2-16-6-7-25-19(16)12-17/h2-7,12-15,25H,8-11H2,1H3,(H,28,29). The number of nitrogens with zero attached hydrogens (tertiary/aromatic N) is 5. The van der Waals surface area contributed by atoms with Crippen LogP contribution in [-0.2, 0) is 4.74 Å². The number of ether oxygens (including phenoxy) is 2. The van der Waals surface area contributed by atoms with Crippen LogP contribution < -0.4 is 15.0 Å². The quantitative estimate of drug-likeness (QED) is 0.428. The summed E-state index contributed by atoms with van der Waals surface area (Å²) in [4.78, 5) is 14.8. The highest BCUT2D eigenvalue weighted by Crippen LogP contribution is 2.33. The number of aromatic amines is 1. The lowest BCUT2D eigenvalue weighted by molar-refractivity contribution is 0.122. The molecule has 0 saturated carbocycles. The van der Waals surface area contributed by atoms with Crippen LogP contribution in [0.3, 0.4) is 0 Å². The zero-order valence-electron chi connectivity index (χ0n) is 18.2. The average Bonchev–Trinajstić information content (AvgIpc) is 3.53. The minimum Gasteiger partial charge on any atom is -0.495 e. The van der Waals surface area contributed by atoms with Crippen molar-refractivity contribution in [3.8, 4) is 17.0 Å². The van der Waals surface area contributed by atoms with E-state index in [-0.39, 0.29) is 0 Å². The highest BCUT2D eigenvalue weighted by atomic mass is 16.5. The monoisotopic (exact) mass is 441 g/mol. The van der Waals surface area contributed by atoms with Crippen molar-refractivity contribution in [1.29, 1.82) is 0 Å². The second kappa shape index (κ2) is 8.10. The maximum atomic E-state index is 5.70. The molecule has 4 heterocycles. The highest BCUT2D eigenvalue weighted by Gasteiger charge is 2.17. The third-order valence-electron chi connectivity index (χ3n) is 5.91. The first kappa shape index (κ1) is 19.6. The predicted octanol–water partition coefficient (Wildman–Crippen LogP) is 3.86. The summed E-state index contributed by atoms with van der Waals surface area (Å²) in [6, 6.07) is 14.4. The van der Waals surface area contributed by atoms with E-state index in [2.05, 4.69) is 49.5 Å². The van der Waals surface area contributed by atoms with Gasteiger partial charge in [0.1, 0.15) is 12.1 Å². The Kier molecular flexibility index (Phi) is 4.80. The third-order valence-corrected chi connectivity index (χ3v) is 5.91. The predicted molar refractivity (Wildman–Crippen MR) is 127 cm³/mol. The molecule has 166 valence electrons. The Hall–Kier alpha value is -4.11. The molecule has 0 atom stereocenters. The Morgan fingerprint density at radius 3 is 2.88 bits per heavy atom. The van der Waals surface area contributed by atoms with Gasteiger partial charge in [-0.2, -0.15) is 5.10 Å². The van der Waals surface area contributed by atoms with Crippen molar-refractivity contribution in [3.63, 3.8) is 0 Å². The first-order chi connectivity index (χ1) is 16.3. The van der Waals surface area contributed by atoms with Crippen LogP contribution in [-0.4, -0.2) is 58.0 Å². The summed E-state index contributed by atoms with van der Waals surface area (Å²) in [6.07, 6.45) is 5.35. The molecule has 1 fully saturated rings. The molecule has 1 saturated heterocycles. The van der Waals surface area contributed by atoms with Crippen molar-refractivity contribution in [2.75, 3.05) is 43.6 Å². The Morgan fingerprint density at radius 1 is 1.09 bits per heavy atom.